The zero-order chi connectivity index (χ0) is 11.9. The molecule has 2 aromatic rings. The number of carboxylic acid groups (broad SMARTS) is 1. The van der Waals surface area contributed by atoms with Crippen LogP contribution in [0.4, 0.5) is 0 Å². The molecule has 0 atom stereocenters. The van der Waals surface area contributed by atoms with Gasteiger partial charge in [0.15, 0.2) is 0 Å². The number of fused-ring (bicyclic) bond motifs is 1. The van der Waals surface area contributed by atoms with Crippen LogP contribution in [0.1, 0.15) is 22.1 Å². The first-order valence-corrected chi connectivity index (χ1v) is 5.35. The van der Waals surface area contributed by atoms with Crippen molar-refractivity contribution in [2.45, 2.75) is 6.92 Å². The largest absolute Gasteiger partial charge is 0.478 e. The second-order valence-corrected chi connectivity index (χ2v) is 4.31. The molecule has 0 aliphatic carbocycles. The minimum absolute atomic E-state index is 0.131. The minimum atomic E-state index is -1.04. The highest BCUT2D eigenvalue weighted by Gasteiger charge is 2.15. The summed E-state index contributed by atoms with van der Waals surface area (Å²) < 4.78 is 2.12. The standard InChI is InChI=1S/C11H8BrNO3/c1-6(14)13-5-9(11(15)16)8-4-7(12)2-3-10(8)13/h2-5H,1H3,(H,15,16). The lowest BCUT2D eigenvalue weighted by atomic mass is 10.2. The zero-order valence-electron chi connectivity index (χ0n) is 8.40. The van der Waals surface area contributed by atoms with Crippen LogP contribution in [0, 0.1) is 0 Å². The molecule has 0 radical (unpaired) electrons. The van der Waals surface area contributed by atoms with E-state index in [1.807, 2.05) is 0 Å². The van der Waals surface area contributed by atoms with Gasteiger partial charge < -0.3 is 5.11 Å². The minimum Gasteiger partial charge on any atom is -0.478 e. The summed E-state index contributed by atoms with van der Waals surface area (Å²) in [6.07, 6.45) is 1.35. The van der Waals surface area contributed by atoms with Gasteiger partial charge in [0.05, 0.1) is 11.1 Å². The first kappa shape index (κ1) is 10.9. The zero-order valence-corrected chi connectivity index (χ0v) is 9.98. The van der Waals surface area contributed by atoms with Crippen LogP contribution in [0.5, 0.6) is 0 Å². The molecule has 2 rings (SSSR count). The number of hydrogen-bond donors (Lipinski definition) is 1. The van der Waals surface area contributed by atoms with Crippen molar-refractivity contribution in [1.82, 2.24) is 4.57 Å². The van der Waals surface area contributed by atoms with Crippen LogP contribution in [0.25, 0.3) is 10.9 Å². The van der Waals surface area contributed by atoms with E-state index in [1.54, 1.807) is 18.2 Å². The summed E-state index contributed by atoms with van der Waals surface area (Å²) in [6.45, 7) is 1.40. The maximum Gasteiger partial charge on any atom is 0.337 e. The molecule has 0 bridgehead atoms. The van der Waals surface area contributed by atoms with E-state index < -0.39 is 5.97 Å². The molecule has 0 amide bonds. The van der Waals surface area contributed by atoms with Crippen LogP contribution in [-0.2, 0) is 0 Å². The van der Waals surface area contributed by atoms with E-state index in [4.69, 9.17) is 5.11 Å². The fraction of sp³-hybridized carbons (Fsp3) is 0.0909. The molecule has 1 aromatic carbocycles. The van der Waals surface area contributed by atoms with Gasteiger partial charge >= 0.3 is 5.97 Å². The summed E-state index contributed by atoms with van der Waals surface area (Å²) in [5, 5.41) is 9.58. The Hall–Kier alpha value is -1.62. The third kappa shape index (κ3) is 1.63. The molecule has 4 nitrogen and oxygen atoms in total. The fourth-order valence-corrected chi connectivity index (χ4v) is 1.99. The summed E-state index contributed by atoms with van der Waals surface area (Å²) in [5.74, 6) is -1.25. The molecule has 0 aliphatic heterocycles. The van der Waals surface area contributed by atoms with Crippen LogP contribution >= 0.6 is 15.9 Å². The number of carbonyl (C=O) groups excluding carboxylic acids is 1. The highest BCUT2D eigenvalue weighted by molar-refractivity contribution is 9.10. The Morgan fingerprint density at radius 2 is 2.06 bits per heavy atom. The Kier molecular flexibility index (Phi) is 2.55. The molecule has 5 heteroatoms. The Balaban J connectivity index is 2.87. The average molecular weight is 282 g/mol. The molecular formula is C11H8BrNO3. The summed E-state index contributed by atoms with van der Waals surface area (Å²) in [5.41, 5.74) is 0.736. The number of aromatic carboxylic acids is 1. The summed E-state index contributed by atoms with van der Waals surface area (Å²) in [4.78, 5) is 22.4. The first-order chi connectivity index (χ1) is 7.50. The molecule has 0 saturated heterocycles. The summed E-state index contributed by atoms with van der Waals surface area (Å²) >= 11 is 3.27. The van der Waals surface area contributed by atoms with Crippen molar-refractivity contribution in [1.29, 1.82) is 0 Å². The maximum atomic E-state index is 11.3. The molecule has 0 saturated carbocycles. The van der Waals surface area contributed by atoms with Gasteiger partial charge in [-0.25, -0.2) is 4.79 Å². The summed E-state index contributed by atoms with van der Waals surface area (Å²) in [6, 6.07) is 5.18. The number of rotatable bonds is 1. The van der Waals surface area contributed by atoms with Gasteiger partial charge in [0.25, 0.3) is 0 Å². The molecule has 82 valence electrons. The Bertz CT molecular complexity index is 601. The van der Waals surface area contributed by atoms with Gasteiger partial charge in [0.2, 0.25) is 5.91 Å². The third-order valence-electron chi connectivity index (χ3n) is 2.34. The van der Waals surface area contributed by atoms with Crippen LogP contribution in [0.15, 0.2) is 28.9 Å². The quantitative estimate of drug-likeness (QED) is 0.874. The smallest absolute Gasteiger partial charge is 0.337 e. The van der Waals surface area contributed by atoms with Crippen molar-refractivity contribution >= 4 is 38.7 Å². The number of benzene rings is 1. The molecule has 0 unspecified atom stereocenters. The van der Waals surface area contributed by atoms with Crippen LogP contribution in [-0.4, -0.2) is 21.6 Å². The molecular weight excluding hydrogens is 274 g/mol. The highest BCUT2D eigenvalue weighted by Crippen LogP contribution is 2.25. The van der Waals surface area contributed by atoms with Crippen molar-refractivity contribution in [2.24, 2.45) is 0 Å². The van der Waals surface area contributed by atoms with E-state index in [1.165, 1.54) is 17.7 Å². The maximum absolute atomic E-state index is 11.3. The molecule has 1 heterocycles. The molecule has 1 N–H and O–H groups in total. The Morgan fingerprint density at radius 1 is 1.38 bits per heavy atom. The molecule has 16 heavy (non-hydrogen) atoms. The van der Waals surface area contributed by atoms with Gasteiger partial charge in [-0.1, -0.05) is 15.9 Å². The van der Waals surface area contributed by atoms with Gasteiger partial charge in [-0.05, 0) is 18.2 Å². The van der Waals surface area contributed by atoms with Gasteiger partial charge in [0, 0.05) is 23.0 Å². The molecule has 1 aromatic heterocycles. The lowest BCUT2D eigenvalue weighted by Crippen LogP contribution is -2.03. The molecule has 0 aliphatic rings. The van der Waals surface area contributed by atoms with Crippen molar-refractivity contribution < 1.29 is 14.7 Å². The number of carbonyl (C=O) groups is 2. The Labute approximate surface area is 99.6 Å². The van der Waals surface area contributed by atoms with Crippen LogP contribution in [0.2, 0.25) is 0 Å². The van der Waals surface area contributed by atoms with Crippen LogP contribution < -0.4 is 0 Å². The van der Waals surface area contributed by atoms with E-state index in [0.717, 1.165) is 4.47 Å². The SMILES string of the molecule is CC(=O)n1cc(C(=O)O)c2cc(Br)ccc21. The number of carboxylic acids is 1. The van der Waals surface area contributed by atoms with Gasteiger partial charge in [-0.15, -0.1) is 0 Å². The predicted octanol–water partition coefficient (Wildman–Crippen LogP) is 2.76. The van der Waals surface area contributed by atoms with Crippen molar-refractivity contribution in [3.8, 4) is 0 Å². The molecule has 0 spiro atoms. The number of aromatic nitrogens is 1. The Morgan fingerprint density at radius 3 is 2.62 bits per heavy atom. The third-order valence-corrected chi connectivity index (χ3v) is 2.83. The average Bonchev–Trinajstić information content (AvgIpc) is 2.56. The topological polar surface area (TPSA) is 59.3 Å². The number of nitrogens with zero attached hydrogens (tertiary/aromatic N) is 1. The predicted molar refractivity (Wildman–Crippen MR) is 62.9 cm³/mol. The number of hydrogen-bond acceptors (Lipinski definition) is 2. The van der Waals surface area contributed by atoms with E-state index in [9.17, 15) is 9.59 Å². The summed E-state index contributed by atoms with van der Waals surface area (Å²) in [7, 11) is 0. The first-order valence-electron chi connectivity index (χ1n) is 4.55. The fourth-order valence-electron chi connectivity index (χ4n) is 1.63. The second-order valence-electron chi connectivity index (χ2n) is 3.40. The molecule has 0 fully saturated rings. The normalized spacial score (nSPS) is 10.6. The van der Waals surface area contributed by atoms with E-state index in [2.05, 4.69) is 15.9 Å². The van der Waals surface area contributed by atoms with Crippen molar-refractivity contribution in [2.75, 3.05) is 0 Å². The lowest BCUT2D eigenvalue weighted by molar-refractivity contribution is 0.0699. The lowest BCUT2D eigenvalue weighted by Gasteiger charge is -1.98. The van der Waals surface area contributed by atoms with Crippen molar-refractivity contribution in [3.05, 3.63) is 34.4 Å². The van der Waals surface area contributed by atoms with E-state index >= 15 is 0 Å². The van der Waals surface area contributed by atoms with Crippen molar-refractivity contribution in [3.63, 3.8) is 0 Å². The van der Waals surface area contributed by atoms with Gasteiger partial charge in [-0.3, -0.25) is 9.36 Å². The highest BCUT2D eigenvalue weighted by atomic mass is 79.9. The van der Waals surface area contributed by atoms with E-state index in [0.29, 0.717) is 10.9 Å². The number of halogens is 1. The monoisotopic (exact) mass is 281 g/mol. The van der Waals surface area contributed by atoms with Gasteiger partial charge in [-0.2, -0.15) is 0 Å². The second kappa shape index (κ2) is 3.75. The van der Waals surface area contributed by atoms with Gasteiger partial charge in [0.1, 0.15) is 0 Å². The van der Waals surface area contributed by atoms with Crippen LogP contribution in [0.3, 0.4) is 0 Å². The van der Waals surface area contributed by atoms with E-state index in [-0.39, 0.29) is 11.5 Å².